The monoisotopic (exact) mass is 196 g/mol. The molecule has 0 bridgehead atoms. The van der Waals surface area contributed by atoms with Crippen LogP contribution >= 0.6 is 8.60 Å². The van der Waals surface area contributed by atoms with Crippen molar-refractivity contribution in [3.63, 3.8) is 0 Å². The number of hydrogen-bond acceptors (Lipinski definition) is 5. The average Bonchev–Trinajstić information content (AvgIpc) is 1.84. The molecule has 6 heteroatoms. The largest absolute Gasteiger partial charge is 0.335 e. The van der Waals surface area contributed by atoms with Crippen molar-refractivity contribution >= 4 is 8.60 Å². The third-order valence-corrected chi connectivity index (χ3v) is 2.22. The number of rotatable bonds is 6. The van der Waals surface area contributed by atoms with Gasteiger partial charge in [-0.05, 0) is 20.8 Å². The first-order chi connectivity index (χ1) is 5.56. The summed E-state index contributed by atoms with van der Waals surface area (Å²) in [5.74, 6) is 0. The molecule has 0 radical (unpaired) electrons. The minimum absolute atomic E-state index is 0.401. The normalized spacial score (nSPS) is 18.8. The third-order valence-electron chi connectivity index (χ3n) is 0.739. The predicted molar refractivity (Wildman–Crippen MR) is 48.0 cm³/mol. The molecule has 0 spiro atoms. The first-order valence-electron chi connectivity index (χ1n) is 3.84. The molecule has 0 saturated carbocycles. The molecule has 0 aliphatic rings. The van der Waals surface area contributed by atoms with E-state index in [0.717, 1.165) is 0 Å². The Labute approximate surface area is 74.3 Å². The Morgan fingerprint density at radius 2 is 1.58 bits per heavy atom. The van der Waals surface area contributed by atoms with Gasteiger partial charge in [0.15, 0.2) is 0 Å². The van der Waals surface area contributed by atoms with Crippen molar-refractivity contribution in [2.24, 2.45) is 11.5 Å². The number of hydrogen-bond donors (Lipinski definition) is 2. The van der Waals surface area contributed by atoms with Crippen molar-refractivity contribution in [1.29, 1.82) is 0 Å². The van der Waals surface area contributed by atoms with Crippen LogP contribution in [0.2, 0.25) is 0 Å². The van der Waals surface area contributed by atoms with E-state index >= 15 is 0 Å². The topological polar surface area (TPSA) is 79.7 Å². The lowest BCUT2D eigenvalue weighted by molar-refractivity contribution is 0.108. The SMILES string of the molecule is CCOP(OC(C)N)OC(C)N. The van der Waals surface area contributed by atoms with Gasteiger partial charge in [0.25, 0.3) is 0 Å². The van der Waals surface area contributed by atoms with E-state index in [2.05, 4.69) is 0 Å². The molecule has 0 fully saturated rings. The molecule has 0 aliphatic heterocycles. The quantitative estimate of drug-likeness (QED) is 0.487. The summed E-state index contributed by atoms with van der Waals surface area (Å²) in [6.45, 7) is 5.79. The van der Waals surface area contributed by atoms with E-state index in [-0.39, 0.29) is 0 Å². The van der Waals surface area contributed by atoms with Crippen LogP contribution in [0.15, 0.2) is 0 Å². The predicted octanol–water partition coefficient (Wildman–Crippen LogP) is 0.892. The summed E-state index contributed by atoms with van der Waals surface area (Å²) in [6, 6.07) is 0. The molecule has 0 heterocycles. The molecule has 0 aliphatic carbocycles. The molecule has 2 unspecified atom stereocenters. The Hall–Kier alpha value is 0.230. The zero-order chi connectivity index (χ0) is 9.56. The summed E-state index contributed by atoms with van der Waals surface area (Å²) < 4.78 is 15.4. The van der Waals surface area contributed by atoms with E-state index in [1.807, 2.05) is 6.92 Å². The Morgan fingerprint density at radius 3 is 1.83 bits per heavy atom. The summed E-state index contributed by atoms with van der Waals surface area (Å²) in [7, 11) is -1.39. The molecule has 0 aromatic heterocycles. The lowest BCUT2D eigenvalue weighted by Gasteiger charge is -2.19. The fraction of sp³-hybridized carbons (Fsp3) is 1.00. The lowest BCUT2D eigenvalue weighted by Crippen LogP contribution is -2.22. The molecule has 0 rings (SSSR count). The third kappa shape index (κ3) is 6.91. The maximum Gasteiger partial charge on any atom is 0.335 e. The molecule has 0 amide bonds. The zero-order valence-electron chi connectivity index (χ0n) is 7.69. The molecule has 0 aromatic rings. The van der Waals surface area contributed by atoms with Gasteiger partial charge in [-0.1, -0.05) is 0 Å². The average molecular weight is 196 g/mol. The van der Waals surface area contributed by atoms with Gasteiger partial charge in [-0.3, -0.25) is 9.05 Å². The van der Waals surface area contributed by atoms with Crippen molar-refractivity contribution in [2.45, 2.75) is 33.2 Å². The van der Waals surface area contributed by atoms with Gasteiger partial charge < -0.3 is 16.0 Å². The van der Waals surface area contributed by atoms with Crippen molar-refractivity contribution in [3.05, 3.63) is 0 Å². The first kappa shape index (κ1) is 12.2. The highest BCUT2D eigenvalue weighted by atomic mass is 31.2. The van der Waals surface area contributed by atoms with Crippen LogP contribution in [0.4, 0.5) is 0 Å². The van der Waals surface area contributed by atoms with Crippen LogP contribution in [-0.2, 0) is 13.6 Å². The van der Waals surface area contributed by atoms with Gasteiger partial charge >= 0.3 is 8.60 Å². The maximum absolute atomic E-state index is 5.39. The van der Waals surface area contributed by atoms with Crippen LogP contribution in [-0.4, -0.2) is 19.1 Å². The van der Waals surface area contributed by atoms with Crippen molar-refractivity contribution in [2.75, 3.05) is 6.61 Å². The molecule has 12 heavy (non-hydrogen) atoms. The Bertz CT molecular complexity index is 103. The Kier molecular flexibility index (Phi) is 6.84. The van der Waals surface area contributed by atoms with Crippen LogP contribution in [0, 0.1) is 0 Å². The molecule has 0 saturated heterocycles. The Balaban J connectivity index is 3.69. The van der Waals surface area contributed by atoms with Crippen molar-refractivity contribution in [3.8, 4) is 0 Å². The fourth-order valence-electron chi connectivity index (χ4n) is 0.463. The minimum atomic E-state index is -1.39. The molecular formula is C6H17N2O3P. The van der Waals surface area contributed by atoms with Crippen LogP contribution in [0.5, 0.6) is 0 Å². The molecular weight excluding hydrogens is 179 g/mol. The standard InChI is InChI=1S/C6H17N2O3P/c1-4-9-12(10-5(2)7)11-6(3)8/h5-6H,4,7-8H2,1-3H3. The minimum Gasteiger partial charge on any atom is -0.312 e. The van der Waals surface area contributed by atoms with Crippen LogP contribution in [0.1, 0.15) is 20.8 Å². The van der Waals surface area contributed by atoms with Crippen molar-refractivity contribution in [1.82, 2.24) is 0 Å². The maximum atomic E-state index is 5.39. The van der Waals surface area contributed by atoms with E-state index in [4.69, 9.17) is 25.0 Å². The molecule has 5 nitrogen and oxygen atoms in total. The molecule has 0 aromatic carbocycles. The van der Waals surface area contributed by atoms with Gasteiger partial charge in [0.2, 0.25) is 0 Å². The van der Waals surface area contributed by atoms with Gasteiger partial charge in [-0.25, -0.2) is 0 Å². The van der Waals surface area contributed by atoms with E-state index in [0.29, 0.717) is 6.61 Å². The van der Waals surface area contributed by atoms with Gasteiger partial charge in [0, 0.05) is 0 Å². The van der Waals surface area contributed by atoms with E-state index < -0.39 is 21.1 Å². The van der Waals surface area contributed by atoms with E-state index in [1.54, 1.807) is 13.8 Å². The highest BCUT2D eigenvalue weighted by Crippen LogP contribution is 2.40. The van der Waals surface area contributed by atoms with Gasteiger partial charge in [-0.15, -0.1) is 0 Å². The van der Waals surface area contributed by atoms with E-state index in [1.165, 1.54) is 0 Å². The second kappa shape index (κ2) is 6.71. The summed E-state index contributed by atoms with van der Waals surface area (Å²) in [5.41, 5.74) is 10.8. The van der Waals surface area contributed by atoms with Crippen LogP contribution < -0.4 is 11.5 Å². The number of nitrogens with two attached hydrogens (primary N) is 2. The summed E-state index contributed by atoms with van der Waals surface area (Å²) in [5, 5.41) is 0. The molecule has 4 N–H and O–H groups in total. The Morgan fingerprint density at radius 1 is 1.17 bits per heavy atom. The molecule has 74 valence electrons. The van der Waals surface area contributed by atoms with E-state index in [9.17, 15) is 0 Å². The van der Waals surface area contributed by atoms with Crippen LogP contribution in [0.25, 0.3) is 0 Å². The summed E-state index contributed by atoms with van der Waals surface area (Å²) in [4.78, 5) is 0. The highest BCUT2D eigenvalue weighted by molar-refractivity contribution is 7.41. The summed E-state index contributed by atoms with van der Waals surface area (Å²) in [6.07, 6.45) is -0.803. The molecule has 2 atom stereocenters. The zero-order valence-corrected chi connectivity index (χ0v) is 8.58. The smallest absolute Gasteiger partial charge is 0.312 e. The van der Waals surface area contributed by atoms with Gasteiger partial charge in [0.05, 0.1) is 6.61 Å². The highest BCUT2D eigenvalue weighted by Gasteiger charge is 2.15. The van der Waals surface area contributed by atoms with Gasteiger partial charge in [0.1, 0.15) is 12.5 Å². The van der Waals surface area contributed by atoms with Gasteiger partial charge in [-0.2, -0.15) is 0 Å². The second-order valence-electron chi connectivity index (χ2n) is 2.26. The first-order valence-corrected chi connectivity index (χ1v) is 4.93. The van der Waals surface area contributed by atoms with Crippen LogP contribution in [0.3, 0.4) is 0 Å². The second-order valence-corrected chi connectivity index (χ2v) is 3.39. The van der Waals surface area contributed by atoms with Crippen molar-refractivity contribution < 1.29 is 13.6 Å². The summed E-state index contributed by atoms with van der Waals surface area (Å²) >= 11 is 0. The fourth-order valence-corrected chi connectivity index (χ4v) is 1.39. The lowest BCUT2D eigenvalue weighted by atomic mass is 10.7.